The lowest BCUT2D eigenvalue weighted by molar-refractivity contribution is -0.126. The van der Waals surface area contributed by atoms with Gasteiger partial charge in [-0.2, -0.15) is 0 Å². The third-order valence-corrected chi connectivity index (χ3v) is 3.49. The zero-order valence-electron chi connectivity index (χ0n) is 14.0. The SMILES string of the molecule is COc1cccc(CCNC(=O)CC(=O)Nc2cccc(C)c2)c1. The van der Waals surface area contributed by atoms with E-state index in [9.17, 15) is 9.59 Å². The van der Waals surface area contributed by atoms with E-state index >= 15 is 0 Å². The van der Waals surface area contributed by atoms with E-state index in [1.165, 1.54) is 0 Å². The van der Waals surface area contributed by atoms with Gasteiger partial charge in [0.2, 0.25) is 11.8 Å². The zero-order valence-corrected chi connectivity index (χ0v) is 14.0. The van der Waals surface area contributed by atoms with Gasteiger partial charge in [0, 0.05) is 12.2 Å². The average Bonchev–Trinajstić information content (AvgIpc) is 2.55. The van der Waals surface area contributed by atoms with Gasteiger partial charge < -0.3 is 15.4 Å². The summed E-state index contributed by atoms with van der Waals surface area (Å²) in [6.45, 7) is 2.42. The maximum Gasteiger partial charge on any atom is 0.233 e. The summed E-state index contributed by atoms with van der Waals surface area (Å²) in [6.07, 6.45) is 0.495. The van der Waals surface area contributed by atoms with E-state index in [-0.39, 0.29) is 18.2 Å². The molecule has 0 atom stereocenters. The first kappa shape index (κ1) is 17.5. The summed E-state index contributed by atoms with van der Waals surface area (Å²) in [5, 5.41) is 5.48. The molecule has 2 aromatic rings. The second-order valence-corrected chi connectivity index (χ2v) is 5.55. The molecule has 0 radical (unpaired) electrons. The van der Waals surface area contributed by atoms with Gasteiger partial charge in [0.15, 0.2) is 0 Å². The van der Waals surface area contributed by atoms with Crippen molar-refractivity contribution in [2.24, 2.45) is 0 Å². The third-order valence-electron chi connectivity index (χ3n) is 3.49. The molecule has 2 amide bonds. The van der Waals surface area contributed by atoms with Crippen molar-refractivity contribution >= 4 is 17.5 Å². The van der Waals surface area contributed by atoms with Crippen LogP contribution in [0.5, 0.6) is 5.75 Å². The Kier molecular flexibility index (Phi) is 6.37. The molecule has 0 saturated heterocycles. The van der Waals surface area contributed by atoms with E-state index in [1.54, 1.807) is 13.2 Å². The van der Waals surface area contributed by atoms with E-state index < -0.39 is 0 Å². The molecule has 0 aliphatic heterocycles. The van der Waals surface area contributed by atoms with Gasteiger partial charge >= 0.3 is 0 Å². The molecule has 5 nitrogen and oxygen atoms in total. The smallest absolute Gasteiger partial charge is 0.233 e. The molecule has 126 valence electrons. The second kappa shape index (κ2) is 8.72. The highest BCUT2D eigenvalue weighted by Gasteiger charge is 2.09. The predicted octanol–water partition coefficient (Wildman–Crippen LogP) is 2.69. The van der Waals surface area contributed by atoms with Crippen molar-refractivity contribution < 1.29 is 14.3 Å². The minimum atomic E-state index is -0.320. The minimum Gasteiger partial charge on any atom is -0.497 e. The van der Waals surface area contributed by atoms with Crippen LogP contribution in [0, 0.1) is 6.92 Å². The van der Waals surface area contributed by atoms with Crippen molar-refractivity contribution in [2.45, 2.75) is 19.8 Å². The van der Waals surface area contributed by atoms with Gasteiger partial charge in [-0.15, -0.1) is 0 Å². The van der Waals surface area contributed by atoms with Crippen LogP contribution >= 0.6 is 0 Å². The van der Waals surface area contributed by atoms with Crippen molar-refractivity contribution in [3.05, 3.63) is 59.7 Å². The van der Waals surface area contributed by atoms with Crippen LogP contribution in [0.25, 0.3) is 0 Å². The fourth-order valence-electron chi connectivity index (χ4n) is 2.31. The molecule has 0 heterocycles. The van der Waals surface area contributed by atoms with Crippen LogP contribution in [0.2, 0.25) is 0 Å². The summed E-state index contributed by atoms with van der Waals surface area (Å²) < 4.78 is 5.16. The third kappa shape index (κ3) is 5.76. The fourth-order valence-corrected chi connectivity index (χ4v) is 2.31. The zero-order chi connectivity index (χ0) is 17.4. The number of amides is 2. The number of nitrogens with one attached hydrogen (secondary N) is 2. The lowest BCUT2D eigenvalue weighted by atomic mass is 10.1. The highest BCUT2D eigenvalue weighted by molar-refractivity contribution is 6.03. The summed E-state index contributed by atoms with van der Waals surface area (Å²) in [5.74, 6) is 0.180. The quantitative estimate of drug-likeness (QED) is 0.769. The molecule has 0 aliphatic carbocycles. The van der Waals surface area contributed by atoms with Crippen LogP contribution in [0.15, 0.2) is 48.5 Å². The molecule has 5 heteroatoms. The lowest BCUT2D eigenvalue weighted by Crippen LogP contribution is -2.29. The Labute approximate surface area is 142 Å². The van der Waals surface area contributed by atoms with Crippen molar-refractivity contribution in [2.75, 3.05) is 19.0 Å². The van der Waals surface area contributed by atoms with Gasteiger partial charge in [0.05, 0.1) is 7.11 Å². The molecule has 0 bridgehead atoms. The molecular weight excluding hydrogens is 304 g/mol. The fraction of sp³-hybridized carbons (Fsp3) is 0.263. The molecule has 0 unspecified atom stereocenters. The average molecular weight is 326 g/mol. The molecule has 24 heavy (non-hydrogen) atoms. The van der Waals surface area contributed by atoms with Crippen molar-refractivity contribution in [1.29, 1.82) is 0 Å². The Hall–Kier alpha value is -2.82. The number of rotatable bonds is 7. The number of benzene rings is 2. The predicted molar refractivity (Wildman–Crippen MR) is 94.1 cm³/mol. The highest BCUT2D eigenvalue weighted by atomic mass is 16.5. The minimum absolute atomic E-state index is 0.188. The number of hydrogen-bond donors (Lipinski definition) is 2. The van der Waals surface area contributed by atoms with Crippen molar-refractivity contribution in [1.82, 2.24) is 5.32 Å². The van der Waals surface area contributed by atoms with Crippen LogP contribution in [0.4, 0.5) is 5.69 Å². The Balaban J connectivity index is 1.73. The first-order valence-electron chi connectivity index (χ1n) is 7.83. The Morgan fingerprint density at radius 2 is 1.83 bits per heavy atom. The molecule has 0 saturated carbocycles. The molecule has 2 N–H and O–H groups in total. The van der Waals surface area contributed by atoms with Crippen molar-refractivity contribution in [3.8, 4) is 5.75 Å². The largest absolute Gasteiger partial charge is 0.497 e. The first-order valence-corrected chi connectivity index (χ1v) is 7.83. The molecule has 0 fully saturated rings. The molecular formula is C19H22N2O3. The van der Waals surface area contributed by atoms with E-state index in [4.69, 9.17) is 4.74 Å². The summed E-state index contributed by atoms with van der Waals surface area (Å²) in [5.41, 5.74) is 2.82. The summed E-state index contributed by atoms with van der Waals surface area (Å²) in [6, 6.07) is 15.1. The number of aryl methyl sites for hydroxylation is 1. The number of hydrogen-bond acceptors (Lipinski definition) is 3. The van der Waals surface area contributed by atoms with Crippen molar-refractivity contribution in [3.63, 3.8) is 0 Å². The van der Waals surface area contributed by atoms with Gasteiger partial charge in [0.25, 0.3) is 0 Å². The molecule has 0 spiro atoms. The standard InChI is InChI=1S/C19H22N2O3/c1-14-5-3-7-16(11-14)21-19(23)13-18(22)20-10-9-15-6-4-8-17(12-15)24-2/h3-8,11-12H,9-10,13H2,1-2H3,(H,20,22)(H,21,23). The first-order chi connectivity index (χ1) is 11.6. The van der Waals surface area contributed by atoms with Crippen LogP contribution in [0.3, 0.4) is 0 Å². The van der Waals surface area contributed by atoms with Gasteiger partial charge in [-0.3, -0.25) is 9.59 Å². The highest BCUT2D eigenvalue weighted by Crippen LogP contribution is 2.12. The Morgan fingerprint density at radius 1 is 1.04 bits per heavy atom. The summed E-state index contributed by atoms with van der Waals surface area (Å²) in [4.78, 5) is 23.7. The van der Waals surface area contributed by atoms with Crippen LogP contribution in [-0.2, 0) is 16.0 Å². The van der Waals surface area contributed by atoms with Gasteiger partial charge in [0.1, 0.15) is 12.2 Å². The maximum atomic E-state index is 11.9. The topological polar surface area (TPSA) is 67.4 Å². The van der Waals surface area contributed by atoms with Crippen LogP contribution < -0.4 is 15.4 Å². The Morgan fingerprint density at radius 3 is 2.58 bits per heavy atom. The number of carbonyl (C=O) groups excluding carboxylic acids is 2. The normalized spacial score (nSPS) is 10.1. The Bertz CT molecular complexity index is 713. The van der Waals surface area contributed by atoms with E-state index in [1.807, 2.05) is 49.4 Å². The van der Waals surface area contributed by atoms with E-state index in [0.29, 0.717) is 18.7 Å². The molecule has 0 aliphatic rings. The van der Waals surface area contributed by atoms with Crippen LogP contribution in [-0.4, -0.2) is 25.5 Å². The number of anilines is 1. The van der Waals surface area contributed by atoms with E-state index in [0.717, 1.165) is 16.9 Å². The maximum absolute atomic E-state index is 11.9. The second-order valence-electron chi connectivity index (χ2n) is 5.55. The number of ether oxygens (including phenoxy) is 1. The number of methoxy groups -OCH3 is 1. The summed E-state index contributed by atoms with van der Waals surface area (Å²) >= 11 is 0. The molecule has 0 aromatic heterocycles. The van der Waals surface area contributed by atoms with Gasteiger partial charge in [-0.25, -0.2) is 0 Å². The summed E-state index contributed by atoms with van der Waals surface area (Å²) in [7, 11) is 1.62. The lowest BCUT2D eigenvalue weighted by Gasteiger charge is -2.08. The molecule has 2 aromatic carbocycles. The van der Waals surface area contributed by atoms with Crippen LogP contribution in [0.1, 0.15) is 17.5 Å². The van der Waals surface area contributed by atoms with E-state index in [2.05, 4.69) is 10.6 Å². The molecule has 2 rings (SSSR count). The number of carbonyl (C=O) groups is 2. The van der Waals surface area contributed by atoms with Gasteiger partial charge in [-0.05, 0) is 48.7 Å². The monoisotopic (exact) mass is 326 g/mol. The van der Waals surface area contributed by atoms with Gasteiger partial charge in [-0.1, -0.05) is 24.3 Å².